The molecule has 0 bridgehead atoms. The van der Waals surface area contributed by atoms with Crippen molar-refractivity contribution in [2.24, 2.45) is 5.92 Å². The van der Waals surface area contributed by atoms with E-state index in [0.717, 1.165) is 5.92 Å². The quantitative estimate of drug-likeness (QED) is 0.826. The van der Waals surface area contributed by atoms with E-state index in [9.17, 15) is 0 Å². The van der Waals surface area contributed by atoms with Crippen molar-refractivity contribution in [1.82, 2.24) is 5.32 Å². The molecule has 0 heterocycles. The highest BCUT2D eigenvalue weighted by molar-refractivity contribution is 5.30. The van der Waals surface area contributed by atoms with Crippen molar-refractivity contribution >= 4 is 0 Å². The van der Waals surface area contributed by atoms with Gasteiger partial charge in [-0.3, -0.25) is 0 Å². The van der Waals surface area contributed by atoms with Crippen molar-refractivity contribution < 1.29 is 0 Å². The normalized spacial score (nSPS) is 18.2. The van der Waals surface area contributed by atoms with Crippen LogP contribution in [0.1, 0.15) is 48.8 Å². The Hall–Kier alpha value is -0.820. The fourth-order valence-electron chi connectivity index (χ4n) is 3.26. The second-order valence-electron chi connectivity index (χ2n) is 5.90. The number of nitrogens with one attached hydrogen (secondary N) is 1. The molecule has 1 atom stereocenters. The van der Waals surface area contributed by atoms with Crippen LogP contribution in [0.15, 0.2) is 18.2 Å². The molecule has 1 N–H and O–H groups in total. The van der Waals surface area contributed by atoms with Gasteiger partial charge in [0.05, 0.1) is 0 Å². The summed E-state index contributed by atoms with van der Waals surface area (Å²) in [5.41, 5.74) is 4.32. The largest absolute Gasteiger partial charge is 0.317 e. The summed E-state index contributed by atoms with van der Waals surface area (Å²) in [6.45, 7) is 4.40. The molecule has 1 heteroatoms. The van der Waals surface area contributed by atoms with Crippen LogP contribution >= 0.6 is 0 Å². The predicted molar refractivity (Wildman–Crippen MR) is 79.0 cm³/mol. The van der Waals surface area contributed by atoms with E-state index in [1.54, 1.807) is 0 Å². The molecular formula is C17H27N. The van der Waals surface area contributed by atoms with Gasteiger partial charge < -0.3 is 5.32 Å². The SMILES string of the molecule is CNC(CCc1ccc(C)c(C)c1)C1CCCC1. The maximum absolute atomic E-state index is 3.54. The molecule has 18 heavy (non-hydrogen) atoms. The highest BCUT2D eigenvalue weighted by Gasteiger charge is 2.23. The average Bonchev–Trinajstić information content (AvgIpc) is 2.88. The van der Waals surface area contributed by atoms with E-state index in [1.165, 1.54) is 55.2 Å². The molecule has 1 unspecified atom stereocenters. The van der Waals surface area contributed by atoms with E-state index >= 15 is 0 Å². The lowest BCUT2D eigenvalue weighted by Crippen LogP contribution is -2.32. The van der Waals surface area contributed by atoms with Gasteiger partial charge >= 0.3 is 0 Å². The molecule has 1 aliphatic rings. The van der Waals surface area contributed by atoms with Gasteiger partial charge in [-0.05, 0) is 69.2 Å². The third-order valence-electron chi connectivity index (χ3n) is 4.65. The van der Waals surface area contributed by atoms with Gasteiger partial charge in [0, 0.05) is 6.04 Å². The lowest BCUT2D eigenvalue weighted by Gasteiger charge is -2.23. The van der Waals surface area contributed by atoms with Gasteiger partial charge in [-0.2, -0.15) is 0 Å². The maximum atomic E-state index is 3.54. The van der Waals surface area contributed by atoms with Gasteiger partial charge in [0.1, 0.15) is 0 Å². The number of benzene rings is 1. The Kier molecular flexibility index (Phi) is 4.82. The minimum Gasteiger partial charge on any atom is -0.317 e. The first-order valence-electron chi connectivity index (χ1n) is 7.44. The standard InChI is InChI=1S/C17H27N/c1-13-8-9-15(12-14(13)2)10-11-17(18-3)16-6-4-5-7-16/h8-9,12,16-18H,4-7,10-11H2,1-3H3. The monoisotopic (exact) mass is 245 g/mol. The molecule has 1 aromatic carbocycles. The molecular weight excluding hydrogens is 218 g/mol. The molecule has 1 fully saturated rings. The Morgan fingerprint density at radius 2 is 1.89 bits per heavy atom. The Balaban J connectivity index is 1.90. The molecule has 0 amide bonds. The van der Waals surface area contributed by atoms with Crippen LogP contribution in [0.4, 0.5) is 0 Å². The van der Waals surface area contributed by atoms with E-state index in [-0.39, 0.29) is 0 Å². The minimum atomic E-state index is 0.717. The molecule has 1 aromatic rings. The maximum Gasteiger partial charge on any atom is 0.00954 e. The topological polar surface area (TPSA) is 12.0 Å². The molecule has 0 radical (unpaired) electrons. The molecule has 1 aliphatic carbocycles. The zero-order valence-electron chi connectivity index (χ0n) is 12.1. The summed E-state index contributed by atoms with van der Waals surface area (Å²) in [6, 6.07) is 7.63. The first-order chi connectivity index (χ1) is 8.70. The van der Waals surface area contributed by atoms with E-state index in [1.807, 2.05) is 0 Å². The molecule has 2 rings (SSSR count). The first-order valence-corrected chi connectivity index (χ1v) is 7.44. The van der Waals surface area contributed by atoms with Gasteiger partial charge in [-0.25, -0.2) is 0 Å². The first kappa shape index (κ1) is 13.6. The predicted octanol–water partition coefficient (Wildman–Crippen LogP) is 4.01. The summed E-state index contributed by atoms with van der Waals surface area (Å²) in [5, 5.41) is 3.54. The fraction of sp³-hybridized carbons (Fsp3) is 0.647. The van der Waals surface area contributed by atoms with Gasteiger partial charge in [0.25, 0.3) is 0 Å². The molecule has 100 valence electrons. The van der Waals surface area contributed by atoms with Crippen molar-refractivity contribution in [2.45, 2.75) is 58.4 Å². The molecule has 0 aliphatic heterocycles. The highest BCUT2D eigenvalue weighted by atomic mass is 14.9. The number of hydrogen-bond donors (Lipinski definition) is 1. The highest BCUT2D eigenvalue weighted by Crippen LogP contribution is 2.29. The van der Waals surface area contributed by atoms with E-state index in [0.29, 0.717) is 6.04 Å². The number of rotatable bonds is 5. The second kappa shape index (κ2) is 6.38. The van der Waals surface area contributed by atoms with Crippen molar-refractivity contribution in [3.05, 3.63) is 34.9 Å². The lowest BCUT2D eigenvalue weighted by atomic mass is 9.92. The van der Waals surface area contributed by atoms with Crippen LogP contribution in [0.3, 0.4) is 0 Å². The van der Waals surface area contributed by atoms with Crippen molar-refractivity contribution in [1.29, 1.82) is 0 Å². The Morgan fingerprint density at radius 3 is 2.50 bits per heavy atom. The van der Waals surface area contributed by atoms with Crippen LogP contribution in [0.5, 0.6) is 0 Å². The van der Waals surface area contributed by atoms with Gasteiger partial charge in [0.2, 0.25) is 0 Å². The van der Waals surface area contributed by atoms with Gasteiger partial charge in [-0.15, -0.1) is 0 Å². The smallest absolute Gasteiger partial charge is 0.00954 e. The van der Waals surface area contributed by atoms with Crippen LogP contribution in [0.2, 0.25) is 0 Å². The van der Waals surface area contributed by atoms with Gasteiger partial charge in [-0.1, -0.05) is 31.0 Å². The summed E-state index contributed by atoms with van der Waals surface area (Å²) in [6.07, 6.45) is 8.22. The number of hydrogen-bond acceptors (Lipinski definition) is 1. The molecule has 0 saturated heterocycles. The van der Waals surface area contributed by atoms with Crippen molar-refractivity contribution in [3.63, 3.8) is 0 Å². The average molecular weight is 245 g/mol. The molecule has 1 saturated carbocycles. The Morgan fingerprint density at radius 1 is 1.17 bits per heavy atom. The molecule has 0 spiro atoms. The summed E-state index contributed by atoms with van der Waals surface area (Å²) in [5.74, 6) is 0.918. The van der Waals surface area contributed by atoms with Crippen LogP contribution in [-0.2, 0) is 6.42 Å². The minimum absolute atomic E-state index is 0.717. The third-order valence-corrected chi connectivity index (χ3v) is 4.65. The molecule has 1 nitrogen and oxygen atoms in total. The third kappa shape index (κ3) is 3.35. The number of aryl methyl sites for hydroxylation is 3. The van der Waals surface area contributed by atoms with Crippen LogP contribution < -0.4 is 5.32 Å². The Labute approximate surface area is 112 Å². The molecule has 0 aromatic heterocycles. The van der Waals surface area contributed by atoms with Crippen molar-refractivity contribution in [2.75, 3.05) is 7.05 Å². The summed E-state index contributed by atoms with van der Waals surface area (Å²) >= 11 is 0. The van der Waals surface area contributed by atoms with E-state index in [2.05, 4.69) is 44.4 Å². The van der Waals surface area contributed by atoms with E-state index in [4.69, 9.17) is 0 Å². The zero-order valence-corrected chi connectivity index (χ0v) is 12.1. The lowest BCUT2D eigenvalue weighted by molar-refractivity contribution is 0.360. The van der Waals surface area contributed by atoms with Crippen molar-refractivity contribution in [3.8, 4) is 0 Å². The zero-order chi connectivity index (χ0) is 13.0. The van der Waals surface area contributed by atoms with Gasteiger partial charge in [0.15, 0.2) is 0 Å². The Bertz CT molecular complexity index is 377. The second-order valence-corrected chi connectivity index (χ2v) is 5.90. The van der Waals surface area contributed by atoms with E-state index < -0.39 is 0 Å². The summed E-state index contributed by atoms with van der Waals surface area (Å²) < 4.78 is 0. The summed E-state index contributed by atoms with van der Waals surface area (Å²) in [7, 11) is 2.13. The summed E-state index contributed by atoms with van der Waals surface area (Å²) in [4.78, 5) is 0. The van der Waals surface area contributed by atoms with Crippen LogP contribution in [0.25, 0.3) is 0 Å². The fourth-order valence-corrected chi connectivity index (χ4v) is 3.26. The van der Waals surface area contributed by atoms with Crippen LogP contribution in [0, 0.1) is 19.8 Å². The van der Waals surface area contributed by atoms with Crippen LogP contribution in [-0.4, -0.2) is 13.1 Å².